The standard InChI is InChI=1S/C12H22O2/c1-3-5-6-7-8-9-10-11(4-2)12(13)14/h6-7,11H,3-5,8-10H2,1-2H3,(H,13,14)/b7-6+. The van der Waals surface area contributed by atoms with Gasteiger partial charge in [-0.2, -0.15) is 0 Å². The lowest BCUT2D eigenvalue weighted by Crippen LogP contribution is -2.11. The summed E-state index contributed by atoms with van der Waals surface area (Å²) < 4.78 is 0. The van der Waals surface area contributed by atoms with E-state index in [1.807, 2.05) is 6.92 Å². The number of carboxylic acid groups (broad SMARTS) is 1. The van der Waals surface area contributed by atoms with E-state index in [0.717, 1.165) is 32.1 Å². The molecule has 1 atom stereocenters. The molecule has 0 fully saturated rings. The Bertz CT molecular complexity index is 173. The average Bonchev–Trinajstić information content (AvgIpc) is 2.16. The van der Waals surface area contributed by atoms with Crippen LogP contribution in [0.5, 0.6) is 0 Å². The molecule has 0 aliphatic heterocycles. The second-order valence-electron chi connectivity index (χ2n) is 3.63. The lowest BCUT2D eigenvalue weighted by molar-refractivity contribution is -0.142. The molecule has 0 saturated carbocycles. The van der Waals surface area contributed by atoms with Crippen molar-refractivity contribution in [3.05, 3.63) is 12.2 Å². The van der Waals surface area contributed by atoms with Gasteiger partial charge in [0.25, 0.3) is 0 Å². The van der Waals surface area contributed by atoms with Gasteiger partial charge < -0.3 is 5.11 Å². The molecule has 0 aromatic carbocycles. The molecule has 0 aromatic heterocycles. The molecule has 2 heteroatoms. The van der Waals surface area contributed by atoms with E-state index in [0.29, 0.717) is 0 Å². The van der Waals surface area contributed by atoms with Crippen LogP contribution in [0.3, 0.4) is 0 Å². The summed E-state index contributed by atoms with van der Waals surface area (Å²) in [4.78, 5) is 10.7. The molecule has 0 saturated heterocycles. The largest absolute Gasteiger partial charge is 0.481 e. The van der Waals surface area contributed by atoms with Gasteiger partial charge in [-0.15, -0.1) is 0 Å². The lowest BCUT2D eigenvalue weighted by atomic mass is 9.99. The molecule has 14 heavy (non-hydrogen) atoms. The quantitative estimate of drug-likeness (QED) is 0.477. The molecule has 0 aromatic rings. The molecule has 82 valence electrons. The summed E-state index contributed by atoms with van der Waals surface area (Å²) in [6.07, 6.45) is 10.2. The summed E-state index contributed by atoms with van der Waals surface area (Å²) in [5.41, 5.74) is 0. The molecule has 0 heterocycles. The molecule has 0 radical (unpaired) electrons. The fraction of sp³-hybridized carbons (Fsp3) is 0.750. The average molecular weight is 198 g/mol. The SMILES string of the molecule is CCC/C=C/CCCC(CC)C(=O)O. The van der Waals surface area contributed by atoms with Crippen LogP contribution in [0.15, 0.2) is 12.2 Å². The molecule has 0 aliphatic carbocycles. The van der Waals surface area contributed by atoms with Crippen LogP contribution in [0, 0.1) is 5.92 Å². The fourth-order valence-electron chi connectivity index (χ4n) is 1.39. The van der Waals surface area contributed by atoms with Gasteiger partial charge in [0.15, 0.2) is 0 Å². The Morgan fingerprint density at radius 3 is 2.43 bits per heavy atom. The van der Waals surface area contributed by atoms with Gasteiger partial charge in [-0.1, -0.05) is 32.4 Å². The van der Waals surface area contributed by atoms with Gasteiger partial charge in [-0.05, 0) is 32.1 Å². The van der Waals surface area contributed by atoms with Crippen molar-refractivity contribution < 1.29 is 9.90 Å². The molecule has 0 bridgehead atoms. The lowest BCUT2D eigenvalue weighted by Gasteiger charge is -2.07. The van der Waals surface area contributed by atoms with Gasteiger partial charge in [0.1, 0.15) is 0 Å². The van der Waals surface area contributed by atoms with E-state index in [1.54, 1.807) is 0 Å². The van der Waals surface area contributed by atoms with Crippen molar-refractivity contribution in [2.45, 2.75) is 52.4 Å². The number of carbonyl (C=O) groups is 1. The van der Waals surface area contributed by atoms with Crippen molar-refractivity contribution in [1.82, 2.24) is 0 Å². The maximum Gasteiger partial charge on any atom is 0.306 e. The van der Waals surface area contributed by atoms with E-state index >= 15 is 0 Å². The predicted octanol–water partition coefficient (Wildman–Crippen LogP) is 3.62. The highest BCUT2D eigenvalue weighted by Gasteiger charge is 2.13. The Morgan fingerprint density at radius 1 is 1.29 bits per heavy atom. The molecule has 0 aliphatic rings. The van der Waals surface area contributed by atoms with Crippen molar-refractivity contribution in [1.29, 1.82) is 0 Å². The monoisotopic (exact) mass is 198 g/mol. The second-order valence-corrected chi connectivity index (χ2v) is 3.63. The van der Waals surface area contributed by atoms with E-state index in [4.69, 9.17) is 5.11 Å². The molecular weight excluding hydrogens is 176 g/mol. The molecule has 1 N–H and O–H groups in total. The first-order chi connectivity index (χ1) is 6.72. The minimum absolute atomic E-state index is 0.144. The summed E-state index contributed by atoms with van der Waals surface area (Å²) >= 11 is 0. The van der Waals surface area contributed by atoms with Gasteiger partial charge in [-0.25, -0.2) is 0 Å². The van der Waals surface area contributed by atoms with E-state index in [1.165, 1.54) is 6.42 Å². The van der Waals surface area contributed by atoms with Gasteiger partial charge in [-0.3, -0.25) is 4.79 Å². The van der Waals surface area contributed by atoms with Crippen molar-refractivity contribution in [3.8, 4) is 0 Å². The van der Waals surface area contributed by atoms with Crippen molar-refractivity contribution >= 4 is 5.97 Å². The van der Waals surface area contributed by atoms with Crippen LogP contribution < -0.4 is 0 Å². The fourth-order valence-corrected chi connectivity index (χ4v) is 1.39. The molecule has 0 amide bonds. The number of carboxylic acids is 1. The Hall–Kier alpha value is -0.790. The number of unbranched alkanes of at least 4 members (excludes halogenated alkanes) is 2. The van der Waals surface area contributed by atoms with Gasteiger partial charge in [0, 0.05) is 0 Å². The Kier molecular flexibility index (Phi) is 8.30. The zero-order valence-electron chi connectivity index (χ0n) is 9.33. The smallest absolute Gasteiger partial charge is 0.306 e. The van der Waals surface area contributed by atoms with Crippen LogP contribution >= 0.6 is 0 Å². The normalized spacial score (nSPS) is 13.3. The van der Waals surface area contributed by atoms with Gasteiger partial charge in [0.05, 0.1) is 5.92 Å². The van der Waals surface area contributed by atoms with Crippen molar-refractivity contribution in [2.75, 3.05) is 0 Å². The third-order valence-electron chi connectivity index (χ3n) is 2.39. The number of hydrogen-bond acceptors (Lipinski definition) is 1. The van der Waals surface area contributed by atoms with Crippen LogP contribution in [-0.2, 0) is 4.79 Å². The second kappa shape index (κ2) is 8.79. The first kappa shape index (κ1) is 13.2. The molecule has 0 spiro atoms. The van der Waals surface area contributed by atoms with Crippen LogP contribution in [-0.4, -0.2) is 11.1 Å². The zero-order chi connectivity index (χ0) is 10.8. The third-order valence-corrected chi connectivity index (χ3v) is 2.39. The highest BCUT2D eigenvalue weighted by Crippen LogP contribution is 2.12. The van der Waals surface area contributed by atoms with E-state index < -0.39 is 5.97 Å². The first-order valence-corrected chi connectivity index (χ1v) is 5.60. The zero-order valence-corrected chi connectivity index (χ0v) is 9.33. The maximum atomic E-state index is 10.7. The number of rotatable bonds is 8. The van der Waals surface area contributed by atoms with E-state index in [9.17, 15) is 4.79 Å². The highest BCUT2D eigenvalue weighted by molar-refractivity contribution is 5.69. The summed E-state index contributed by atoms with van der Waals surface area (Å²) in [6.45, 7) is 4.09. The maximum absolute atomic E-state index is 10.7. The summed E-state index contributed by atoms with van der Waals surface area (Å²) in [5.74, 6) is -0.792. The minimum Gasteiger partial charge on any atom is -0.481 e. The Labute approximate surface area is 87.0 Å². The minimum atomic E-state index is -0.648. The van der Waals surface area contributed by atoms with Gasteiger partial charge in [0.2, 0.25) is 0 Å². The molecular formula is C12H22O2. The predicted molar refractivity (Wildman–Crippen MR) is 59.3 cm³/mol. The van der Waals surface area contributed by atoms with Crippen LogP contribution in [0.25, 0.3) is 0 Å². The number of hydrogen-bond donors (Lipinski definition) is 1. The Balaban J connectivity index is 3.47. The molecule has 0 rings (SSSR count). The molecule has 2 nitrogen and oxygen atoms in total. The van der Waals surface area contributed by atoms with Crippen LogP contribution in [0.1, 0.15) is 52.4 Å². The summed E-state index contributed by atoms with van der Waals surface area (Å²) in [6, 6.07) is 0. The topological polar surface area (TPSA) is 37.3 Å². The highest BCUT2D eigenvalue weighted by atomic mass is 16.4. The van der Waals surface area contributed by atoms with Crippen molar-refractivity contribution in [3.63, 3.8) is 0 Å². The summed E-state index contributed by atoms with van der Waals surface area (Å²) in [7, 11) is 0. The van der Waals surface area contributed by atoms with Gasteiger partial charge >= 0.3 is 5.97 Å². The molecule has 1 unspecified atom stereocenters. The van der Waals surface area contributed by atoms with Crippen LogP contribution in [0.4, 0.5) is 0 Å². The third kappa shape index (κ3) is 6.70. The number of aliphatic carboxylic acids is 1. The van der Waals surface area contributed by atoms with Crippen molar-refractivity contribution in [2.24, 2.45) is 5.92 Å². The van der Waals surface area contributed by atoms with E-state index in [-0.39, 0.29) is 5.92 Å². The summed E-state index contributed by atoms with van der Waals surface area (Å²) in [5, 5.41) is 8.80. The van der Waals surface area contributed by atoms with Crippen LogP contribution in [0.2, 0.25) is 0 Å². The Morgan fingerprint density at radius 2 is 1.93 bits per heavy atom. The van der Waals surface area contributed by atoms with E-state index in [2.05, 4.69) is 19.1 Å². The first-order valence-electron chi connectivity index (χ1n) is 5.60. The number of allylic oxidation sites excluding steroid dienone is 2.